The van der Waals surface area contributed by atoms with Crippen molar-refractivity contribution < 1.29 is 19.4 Å². The predicted molar refractivity (Wildman–Crippen MR) is 133 cm³/mol. The van der Waals surface area contributed by atoms with Gasteiger partial charge in [0.2, 0.25) is 5.75 Å². The van der Waals surface area contributed by atoms with E-state index in [0.717, 1.165) is 25.7 Å². The highest BCUT2D eigenvalue weighted by molar-refractivity contribution is 6.14. The Hall–Kier alpha value is -4.14. The van der Waals surface area contributed by atoms with E-state index in [1.807, 2.05) is 4.68 Å². The maximum atomic E-state index is 13.4. The third kappa shape index (κ3) is 3.30. The van der Waals surface area contributed by atoms with Crippen LogP contribution in [0.5, 0.6) is 17.2 Å². The van der Waals surface area contributed by atoms with Crippen molar-refractivity contribution in [2.24, 2.45) is 0 Å². The standard InChI is InChI=1S/C26H25N3O6/c1-34-19-11-13(10-17(31)23(19)32)20-21-25(29(28-26(21)33)14-6-4-2-3-5-7-14)27-22-16-9-8-15(30)12-18(16)35-24(20)22/h8-12,14,27,31-32H,2-7H2,1H3,(H,28,33). The number of hydrogen-bond acceptors (Lipinski definition) is 6. The van der Waals surface area contributed by atoms with Crippen LogP contribution in [0.4, 0.5) is 0 Å². The third-order valence-corrected chi connectivity index (χ3v) is 7.06. The molecule has 4 N–H and O–H groups in total. The highest BCUT2D eigenvalue weighted by atomic mass is 16.5. The lowest BCUT2D eigenvalue weighted by atomic mass is 10.0. The molecule has 3 heterocycles. The molecule has 1 fully saturated rings. The summed E-state index contributed by atoms with van der Waals surface area (Å²) in [5.74, 6) is -0.713. The van der Waals surface area contributed by atoms with Crippen molar-refractivity contribution in [3.63, 3.8) is 0 Å². The Bertz CT molecular complexity index is 1710. The Morgan fingerprint density at radius 2 is 1.83 bits per heavy atom. The quantitative estimate of drug-likeness (QED) is 0.217. The number of H-pyrrole nitrogens is 2. The van der Waals surface area contributed by atoms with Gasteiger partial charge in [0.1, 0.15) is 11.2 Å². The van der Waals surface area contributed by atoms with E-state index in [0.29, 0.717) is 44.2 Å². The van der Waals surface area contributed by atoms with Crippen molar-refractivity contribution >= 4 is 33.1 Å². The first-order valence-electron chi connectivity index (χ1n) is 11.8. The molecular weight excluding hydrogens is 450 g/mol. The van der Waals surface area contributed by atoms with Gasteiger partial charge < -0.3 is 24.4 Å². The zero-order valence-corrected chi connectivity index (χ0v) is 19.2. The van der Waals surface area contributed by atoms with Gasteiger partial charge in [-0.1, -0.05) is 25.7 Å². The number of furan rings is 1. The fourth-order valence-corrected chi connectivity index (χ4v) is 5.37. The molecule has 0 bridgehead atoms. The van der Waals surface area contributed by atoms with Crippen molar-refractivity contribution in [2.75, 3.05) is 7.11 Å². The van der Waals surface area contributed by atoms with Gasteiger partial charge in [-0.05, 0) is 42.7 Å². The third-order valence-electron chi connectivity index (χ3n) is 7.06. The minimum Gasteiger partial charge on any atom is -0.504 e. The molecule has 0 spiro atoms. The number of aromatic amines is 2. The number of aromatic nitrogens is 3. The maximum Gasteiger partial charge on any atom is 0.274 e. The van der Waals surface area contributed by atoms with Crippen molar-refractivity contribution in [1.29, 1.82) is 0 Å². The van der Waals surface area contributed by atoms with E-state index in [-0.39, 0.29) is 28.5 Å². The summed E-state index contributed by atoms with van der Waals surface area (Å²) in [4.78, 5) is 28.8. The SMILES string of the molecule is COc1cc(-c2c3oc4cc(=O)ccc4c3[nH]c3c2c(=O)[nH]n3C2CCCCCC2)cc(O)c1O. The first kappa shape index (κ1) is 21.4. The van der Waals surface area contributed by atoms with E-state index in [9.17, 15) is 19.8 Å². The van der Waals surface area contributed by atoms with Crippen LogP contribution in [-0.4, -0.2) is 32.1 Å². The van der Waals surface area contributed by atoms with Crippen molar-refractivity contribution in [1.82, 2.24) is 14.8 Å². The van der Waals surface area contributed by atoms with Crippen LogP contribution in [0.1, 0.15) is 44.6 Å². The highest BCUT2D eigenvalue weighted by Crippen LogP contribution is 2.44. The van der Waals surface area contributed by atoms with Crippen molar-refractivity contribution in [2.45, 2.75) is 44.6 Å². The van der Waals surface area contributed by atoms with Crippen LogP contribution in [0.2, 0.25) is 0 Å². The molecule has 0 atom stereocenters. The number of methoxy groups -OCH3 is 1. The molecule has 5 aromatic rings. The number of benzene rings is 2. The average molecular weight is 476 g/mol. The lowest BCUT2D eigenvalue weighted by molar-refractivity contribution is 0.351. The van der Waals surface area contributed by atoms with Gasteiger partial charge in [-0.3, -0.25) is 19.4 Å². The van der Waals surface area contributed by atoms with E-state index in [1.165, 1.54) is 38.2 Å². The number of nitrogens with zero attached hydrogens (tertiary/aromatic N) is 1. The topological polar surface area (TPSA) is 133 Å². The van der Waals surface area contributed by atoms with E-state index in [1.54, 1.807) is 12.1 Å². The van der Waals surface area contributed by atoms with Gasteiger partial charge in [0.15, 0.2) is 22.5 Å². The highest BCUT2D eigenvalue weighted by Gasteiger charge is 2.26. The fraction of sp³-hybridized carbons (Fsp3) is 0.308. The zero-order valence-electron chi connectivity index (χ0n) is 19.2. The van der Waals surface area contributed by atoms with Crippen LogP contribution < -0.4 is 15.7 Å². The summed E-state index contributed by atoms with van der Waals surface area (Å²) in [5.41, 5.74) is 2.41. The molecule has 1 saturated carbocycles. The summed E-state index contributed by atoms with van der Waals surface area (Å²) < 4.78 is 13.3. The molecular formula is C26H25N3O6. The predicted octanol–water partition coefficient (Wildman–Crippen LogP) is 4.90. The van der Waals surface area contributed by atoms with E-state index < -0.39 is 5.75 Å². The van der Waals surface area contributed by atoms with Gasteiger partial charge in [-0.25, -0.2) is 0 Å². The van der Waals surface area contributed by atoms with Gasteiger partial charge in [0.05, 0.1) is 24.1 Å². The number of nitrogens with one attached hydrogen (secondary N) is 2. The Kier molecular flexibility index (Phi) is 4.87. The molecule has 6 rings (SSSR count). The number of pyridine rings is 1. The molecule has 1 aliphatic carbocycles. The van der Waals surface area contributed by atoms with E-state index in [4.69, 9.17) is 9.15 Å². The van der Waals surface area contributed by atoms with Crippen molar-refractivity contribution in [3.05, 3.63) is 50.9 Å². The first-order valence-corrected chi connectivity index (χ1v) is 11.8. The molecule has 180 valence electrons. The normalized spacial score (nSPS) is 15.2. The molecule has 9 heteroatoms. The first-order chi connectivity index (χ1) is 17.0. The second-order valence-corrected chi connectivity index (χ2v) is 9.19. The van der Waals surface area contributed by atoms with Gasteiger partial charge >= 0.3 is 0 Å². The molecule has 9 nitrogen and oxygen atoms in total. The number of ether oxygens (including phenoxy) is 1. The molecule has 0 amide bonds. The van der Waals surface area contributed by atoms with Crippen molar-refractivity contribution in [3.8, 4) is 28.4 Å². The number of phenolic OH excluding ortho intramolecular Hbond substituents is 2. The van der Waals surface area contributed by atoms with Crippen LogP contribution in [0.15, 0.2) is 44.3 Å². The van der Waals surface area contributed by atoms with Crippen LogP contribution >= 0.6 is 0 Å². The minimum atomic E-state index is -0.392. The number of phenols is 2. The second-order valence-electron chi connectivity index (χ2n) is 9.19. The Balaban J connectivity index is 1.76. The van der Waals surface area contributed by atoms with E-state index >= 15 is 0 Å². The fourth-order valence-electron chi connectivity index (χ4n) is 5.37. The Labute approximate surface area is 198 Å². The molecule has 0 saturated heterocycles. The summed E-state index contributed by atoms with van der Waals surface area (Å²) in [5, 5.41) is 24.7. The Morgan fingerprint density at radius 1 is 1.06 bits per heavy atom. The van der Waals surface area contributed by atoms with Crippen LogP contribution in [-0.2, 0) is 0 Å². The average Bonchev–Trinajstić information content (AvgIpc) is 3.22. The summed E-state index contributed by atoms with van der Waals surface area (Å²) in [6, 6.07) is 7.65. The van der Waals surface area contributed by atoms with Gasteiger partial charge in [0.25, 0.3) is 5.56 Å². The smallest absolute Gasteiger partial charge is 0.274 e. The Morgan fingerprint density at radius 3 is 2.57 bits per heavy atom. The summed E-state index contributed by atoms with van der Waals surface area (Å²) in [6.07, 6.45) is 6.45. The second kappa shape index (κ2) is 7.97. The maximum absolute atomic E-state index is 13.4. The number of fused-ring (bicyclic) bond motifs is 4. The largest absolute Gasteiger partial charge is 0.504 e. The van der Waals surface area contributed by atoms with Crippen LogP contribution in [0.25, 0.3) is 44.2 Å². The van der Waals surface area contributed by atoms with Crippen LogP contribution in [0, 0.1) is 0 Å². The zero-order chi connectivity index (χ0) is 24.3. The van der Waals surface area contributed by atoms with Gasteiger partial charge in [-0.2, -0.15) is 0 Å². The molecule has 0 unspecified atom stereocenters. The summed E-state index contributed by atoms with van der Waals surface area (Å²) >= 11 is 0. The monoisotopic (exact) mass is 475 g/mol. The number of aromatic hydroxyl groups is 2. The van der Waals surface area contributed by atoms with Gasteiger partial charge in [-0.15, -0.1) is 0 Å². The van der Waals surface area contributed by atoms with Gasteiger partial charge in [0, 0.05) is 17.0 Å². The molecule has 3 aromatic heterocycles. The number of hydrogen-bond donors (Lipinski definition) is 4. The summed E-state index contributed by atoms with van der Waals surface area (Å²) in [6.45, 7) is 0. The summed E-state index contributed by atoms with van der Waals surface area (Å²) in [7, 11) is 1.38. The number of rotatable bonds is 3. The lowest BCUT2D eigenvalue weighted by Gasteiger charge is -2.17. The van der Waals surface area contributed by atoms with Crippen LogP contribution in [0.3, 0.4) is 0 Å². The molecule has 0 aliphatic heterocycles. The lowest BCUT2D eigenvalue weighted by Crippen LogP contribution is -2.13. The molecule has 2 aromatic carbocycles. The molecule has 1 aliphatic rings. The molecule has 35 heavy (non-hydrogen) atoms. The molecule has 0 radical (unpaired) electrons. The minimum absolute atomic E-state index is 0.0618. The van der Waals surface area contributed by atoms with E-state index in [2.05, 4.69) is 10.1 Å².